The van der Waals surface area contributed by atoms with Crippen LogP contribution in [0, 0.1) is 17.2 Å². The highest BCUT2D eigenvalue weighted by molar-refractivity contribution is 5.17. The topological polar surface area (TPSA) is 56.0 Å². The molecule has 0 aliphatic heterocycles. The van der Waals surface area contributed by atoms with E-state index in [4.69, 9.17) is 5.26 Å². The van der Waals surface area contributed by atoms with Crippen molar-refractivity contribution in [1.82, 2.24) is 5.32 Å². The number of hydrogen-bond donors (Lipinski definition) is 2. The van der Waals surface area contributed by atoms with Crippen LogP contribution in [0.15, 0.2) is 30.3 Å². The molecule has 1 aromatic carbocycles. The molecule has 1 aromatic rings. The molecule has 80 valence electrons. The summed E-state index contributed by atoms with van der Waals surface area (Å²) in [4.78, 5) is 0. The Morgan fingerprint density at radius 3 is 2.60 bits per heavy atom. The van der Waals surface area contributed by atoms with E-state index >= 15 is 0 Å². The summed E-state index contributed by atoms with van der Waals surface area (Å²) in [5, 5.41) is 21.4. The molecule has 2 atom stereocenters. The summed E-state index contributed by atoms with van der Waals surface area (Å²) < 4.78 is 0. The van der Waals surface area contributed by atoms with Crippen LogP contribution < -0.4 is 5.32 Å². The van der Waals surface area contributed by atoms with Crippen molar-refractivity contribution >= 4 is 0 Å². The number of nitriles is 1. The number of nitrogens with one attached hydrogen (secondary N) is 1. The molecule has 2 unspecified atom stereocenters. The third-order valence-corrected chi connectivity index (χ3v) is 2.19. The van der Waals surface area contributed by atoms with Gasteiger partial charge in [0.1, 0.15) is 0 Å². The Labute approximate surface area is 90.4 Å². The minimum Gasteiger partial charge on any atom is -0.387 e. The average molecular weight is 204 g/mol. The lowest BCUT2D eigenvalue weighted by molar-refractivity contribution is 0.174. The second-order valence-electron chi connectivity index (χ2n) is 3.61. The Hall–Kier alpha value is -1.37. The van der Waals surface area contributed by atoms with Crippen LogP contribution in [-0.2, 0) is 0 Å². The molecule has 0 spiro atoms. The van der Waals surface area contributed by atoms with Crippen molar-refractivity contribution in [1.29, 1.82) is 5.26 Å². The molecule has 3 heteroatoms. The minimum atomic E-state index is -0.503. The van der Waals surface area contributed by atoms with E-state index < -0.39 is 6.10 Å². The van der Waals surface area contributed by atoms with Crippen LogP contribution >= 0.6 is 0 Å². The van der Waals surface area contributed by atoms with Crippen LogP contribution in [0.2, 0.25) is 0 Å². The summed E-state index contributed by atoms with van der Waals surface area (Å²) >= 11 is 0. The van der Waals surface area contributed by atoms with Gasteiger partial charge in [-0.1, -0.05) is 30.3 Å². The molecule has 0 saturated heterocycles. The predicted octanol–water partition coefficient (Wildman–Crippen LogP) is 1.47. The third-order valence-electron chi connectivity index (χ3n) is 2.19. The van der Waals surface area contributed by atoms with E-state index in [1.54, 1.807) is 0 Å². The summed E-state index contributed by atoms with van der Waals surface area (Å²) in [6.45, 7) is 2.94. The fourth-order valence-corrected chi connectivity index (χ4v) is 1.28. The molecule has 0 heterocycles. The average Bonchev–Trinajstić information content (AvgIpc) is 2.29. The van der Waals surface area contributed by atoms with Crippen LogP contribution in [0.25, 0.3) is 0 Å². The Morgan fingerprint density at radius 2 is 2.00 bits per heavy atom. The highest BCUT2D eigenvalue weighted by atomic mass is 16.3. The quantitative estimate of drug-likeness (QED) is 0.763. The Morgan fingerprint density at radius 1 is 1.33 bits per heavy atom. The summed E-state index contributed by atoms with van der Waals surface area (Å²) in [5.74, 6) is -0.0204. The Bertz CT molecular complexity index is 318. The van der Waals surface area contributed by atoms with E-state index in [-0.39, 0.29) is 5.92 Å². The SMILES string of the molecule is CC(C#N)CNCC(O)c1ccccc1. The number of nitrogens with zero attached hydrogens (tertiary/aromatic N) is 1. The third kappa shape index (κ3) is 4.11. The maximum Gasteiger partial charge on any atom is 0.0914 e. The highest BCUT2D eigenvalue weighted by Crippen LogP contribution is 2.10. The summed E-state index contributed by atoms with van der Waals surface area (Å²) in [5.41, 5.74) is 0.898. The molecule has 2 N–H and O–H groups in total. The zero-order valence-corrected chi connectivity index (χ0v) is 8.85. The number of aliphatic hydroxyl groups is 1. The number of hydrogen-bond acceptors (Lipinski definition) is 3. The van der Waals surface area contributed by atoms with Gasteiger partial charge in [-0.15, -0.1) is 0 Å². The van der Waals surface area contributed by atoms with Crippen molar-refractivity contribution in [2.24, 2.45) is 5.92 Å². The van der Waals surface area contributed by atoms with Crippen molar-refractivity contribution < 1.29 is 5.11 Å². The van der Waals surface area contributed by atoms with Crippen LogP contribution in [-0.4, -0.2) is 18.2 Å². The summed E-state index contributed by atoms with van der Waals surface area (Å²) in [7, 11) is 0. The normalized spacial score (nSPS) is 14.2. The fraction of sp³-hybridized carbons (Fsp3) is 0.417. The molecule has 0 aliphatic carbocycles. The first kappa shape index (κ1) is 11.7. The van der Waals surface area contributed by atoms with Gasteiger partial charge in [0.05, 0.1) is 18.1 Å². The molecule has 0 bridgehead atoms. The van der Waals surface area contributed by atoms with E-state index in [1.807, 2.05) is 37.3 Å². The zero-order chi connectivity index (χ0) is 11.1. The lowest BCUT2D eigenvalue weighted by Crippen LogP contribution is -2.25. The molecule has 0 aliphatic rings. The maximum atomic E-state index is 9.76. The predicted molar refractivity (Wildman–Crippen MR) is 59.0 cm³/mol. The van der Waals surface area contributed by atoms with Crippen molar-refractivity contribution in [2.75, 3.05) is 13.1 Å². The van der Waals surface area contributed by atoms with E-state index in [0.717, 1.165) is 5.56 Å². The monoisotopic (exact) mass is 204 g/mol. The molecule has 1 rings (SSSR count). The van der Waals surface area contributed by atoms with Crippen molar-refractivity contribution in [3.8, 4) is 6.07 Å². The molecule has 0 amide bonds. The van der Waals surface area contributed by atoms with Crippen molar-refractivity contribution in [3.63, 3.8) is 0 Å². The van der Waals surface area contributed by atoms with E-state index in [2.05, 4.69) is 11.4 Å². The number of rotatable bonds is 5. The molecule has 15 heavy (non-hydrogen) atoms. The van der Waals surface area contributed by atoms with Gasteiger partial charge >= 0.3 is 0 Å². The van der Waals surface area contributed by atoms with Gasteiger partial charge < -0.3 is 10.4 Å². The molecule has 0 radical (unpaired) electrons. The van der Waals surface area contributed by atoms with Crippen LogP contribution in [0.3, 0.4) is 0 Å². The second kappa shape index (κ2) is 6.18. The van der Waals surface area contributed by atoms with Gasteiger partial charge in [0, 0.05) is 13.1 Å². The number of benzene rings is 1. The van der Waals surface area contributed by atoms with Crippen molar-refractivity contribution in [2.45, 2.75) is 13.0 Å². The lowest BCUT2D eigenvalue weighted by atomic mass is 10.1. The first-order valence-corrected chi connectivity index (χ1v) is 5.07. The molecule has 0 fully saturated rings. The van der Waals surface area contributed by atoms with Gasteiger partial charge in [-0.05, 0) is 12.5 Å². The molecule has 0 saturated carbocycles. The van der Waals surface area contributed by atoms with Gasteiger partial charge in [-0.2, -0.15) is 5.26 Å². The molecule has 3 nitrogen and oxygen atoms in total. The standard InChI is InChI=1S/C12H16N2O/c1-10(7-13)8-14-9-12(15)11-5-3-2-4-6-11/h2-6,10,12,14-15H,8-9H2,1H3. The lowest BCUT2D eigenvalue weighted by Gasteiger charge is -2.12. The smallest absolute Gasteiger partial charge is 0.0914 e. The van der Waals surface area contributed by atoms with Gasteiger partial charge in [0.15, 0.2) is 0 Å². The van der Waals surface area contributed by atoms with Gasteiger partial charge in [-0.3, -0.25) is 0 Å². The molecular formula is C12H16N2O. The van der Waals surface area contributed by atoms with Gasteiger partial charge in [0.2, 0.25) is 0 Å². The van der Waals surface area contributed by atoms with E-state index in [1.165, 1.54) is 0 Å². The van der Waals surface area contributed by atoms with E-state index in [0.29, 0.717) is 13.1 Å². The molecular weight excluding hydrogens is 188 g/mol. The van der Waals surface area contributed by atoms with Gasteiger partial charge in [0.25, 0.3) is 0 Å². The van der Waals surface area contributed by atoms with E-state index in [9.17, 15) is 5.11 Å². The first-order valence-electron chi connectivity index (χ1n) is 5.07. The largest absolute Gasteiger partial charge is 0.387 e. The summed E-state index contributed by atoms with van der Waals surface area (Å²) in [6.07, 6.45) is -0.503. The van der Waals surface area contributed by atoms with Crippen LogP contribution in [0.5, 0.6) is 0 Å². The first-order chi connectivity index (χ1) is 7.24. The maximum absolute atomic E-state index is 9.76. The van der Waals surface area contributed by atoms with Crippen molar-refractivity contribution in [3.05, 3.63) is 35.9 Å². The van der Waals surface area contributed by atoms with Crippen LogP contribution in [0.1, 0.15) is 18.6 Å². The van der Waals surface area contributed by atoms with Gasteiger partial charge in [-0.25, -0.2) is 0 Å². The summed E-state index contributed by atoms with van der Waals surface area (Å²) in [6, 6.07) is 11.6. The number of aliphatic hydroxyl groups excluding tert-OH is 1. The Balaban J connectivity index is 2.32. The van der Waals surface area contributed by atoms with Crippen LogP contribution in [0.4, 0.5) is 0 Å². The fourth-order valence-electron chi connectivity index (χ4n) is 1.28. The highest BCUT2D eigenvalue weighted by Gasteiger charge is 2.06. The zero-order valence-electron chi connectivity index (χ0n) is 8.85. The minimum absolute atomic E-state index is 0.0204. The second-order valence-corrected chi connectivity index (χ2v) is 3.61. The molecule has 0 aromatic heterocycles. The Kier molecular flexibility index (Phi) is 4.82.